The van der Waals surface area contributed by atoms with Gasteiger partial charge >= 0.3 is 0 Å². The molecular formula is C22H30N6O. The molecule has 1 aromatic heterocycles. The summed E-state index contributed by atoms with van der Waals surface area (Å²) < 4.78 is 0. The molecule has 2 aromatic rings. The van der Waals surface area contributed by atoms with E-state index in [1.807, 2.05) is 18.2 Å². The van der Waals surface area contributed by atoms with Gasteiger partial charge in [0.2, 0.25) is 0 Å². The highest BCUT2D eigenvalue weighted by atomic mass is 16.1. The van der Waals surface area contributed by atoms with E-state index in [0.29, 0.717) is 24.7 Å². The van der Waals surface area contributed by atoms with E-state index in [2.05, 4.69) is 51.6 Å². The van der Waals surface area contributed by atoms with Gasteiger partial charge in [0.1, 0.15) is 17.3 Å². The summed E-state index contributed by atoms with van der Waals surface area (Å²) in [6.45, 7) is 4.64. The molecule has 1 saturated heterocycles. The van der Waals surface area contributed by atoms with E-state index in [4.69, 9.17) is 4.98 Å². The Morgan fingerprint density at radius 3 is 2.79 bits per heavy atom. The first-order chi connectivity index (χ1) is 14.1. The van der Waals surface area contributed by atoms with Crippen molar-refractivity contribution >= 4 is 11.7 Å². The molecule has 1 atom stereocenters. The number of likely N-dealkylation sites (N-methyl/N-ethyl adjacent to an activating group) is 2. The third kappa shape index (κ3) is 4.74. The number of nitrogens with zero attached hydrogens (tertiary/aromatic N) is 4. The summed E-state index contributed by atoms with van der Waals surface area (Å²) >= 11 is 0. The molecule has 154 valence electrons. The first-order valence-corrected chi connectivity index (χ1v) is 10.4. The molecule has 7 heteroatoms. The molecule has 0 radical (unpaired) electrons. The molecule has 2 aliphatic heterocycles. The van der Waals surface area contributed by atoms with Crippen LogP contribution in [0.2, 0.25) is 0 Å². The number of fused-ring (bicyclic) bond motifs is 1. The SMILES string of the molecule is CN1CCN(C)C(CNc2nc(CCc3ccccc3)nc3c2CCNC3=O)C1. The average molecular weight is 395 g/mol. The number of rotatable bonds is 6. The van der Waals surface area contributed by atoms with E-state index >= 15 is 0 Å². The summed E-state index contributed by atoms with van der Waals surface area (Å²) in [5.74, 6) is 1.46. The maximum absolute atomic E-state index is 12.4. The minimum absolute atomic E-state index is 0.0906. The Bertz CT molecular complexity index is 856. The van der Waals surface area contributed by atoms with Crippen LogP contribution in [0, 0.1) is 0 Å². The molecule has 0 bridgehead atoms. The number of carbonyl (C=O) groups is 1. The monoisotopic (exact) mass is 394 g/mol. The third-order valence-electron chi connectivity index (χ3n) is 5.89. The van der Waals surface area contributed by atoms with E-state index in [0.717, 1.165) is 56.2 Å². The molecule has 0 spiro atoms. The molecule has 29 heavy (non-hydrogen) atoms. The number of carbonyl (C=O) groups excluding carboxylic acids is 1. The van der Waals surface area contributed by atoms with Crippen molar-refractivity contribution in [3.8, 4) is 0 Å². The van der Waals surface area contributed by atoms with Crippen molar-refractivity contribution in [1.29, 1.82) is 0 Å². The Balaban J connectivity index is 1.53. The topological polar surface area (TPSA) is 73.4 Å². The number of aromatic nitrogens is 2. The van der Waals surface area contributed by atoms with Crippen molar-refractivity contribution in [2.45, 2.75) is 25.3 Å². The second-order valence-corrected chi connectivity index (χ2v) is 8.08. The second-order valence-electron chi connectivity index (χ2n) is 8.08. The summed E-state index contributed by atoms with van der Waals surface area (Å²) in [4.78, 5) is 26.6. The highest BCUT2D eigenvalue weighted by Crippen LogP contribution is 2.21. The van der Waals surface area contributed by atoms with Crippen LogP contribution in [0.15, 0.2) is 30.3 Å². The van der Waals surface area contributed by atoms with Gasteiger partial charge in [-0.1, -0.05) is 30.3 Å². The van der Waals surface area contributed by atoms with Crippen molar-refractivity contribution in [3.05, 3.63) is 53.0 Å². The maximum atomic E-state index is 12.4. The number of amides is 1. The van der Waals surface area contributed by atoms with E-state index in [-0.39, 0.29) is 5.91 Å². The molecule has 0 aliphatic carbocycles. The molecule has 1 fully saturated rings. The fraction of sp³-hybridized carbons (Fsp3) is 0.500. The summed E-state index contributed by atoms with van der Waals surface area (Å²) in [6.07, 6.45) is 2.34. The summed E-state index contributed by atoms with van der Waals surface area (Å²) in [6, 6.07) is 10.7. The zero-order chi connectivity index (χ0) is 20.2. The van der Waals surface area contributed by atoms with Gasteiger partial charge < -0.3 is 15.5 Å². The Kier molecular flexibility index (Phi) is 6.06. The predicted molar refractivity (Wildman–Crippen MR) is 114 cm³/mol. The normalized spacial score (nSPS) is 20.2. The van der Waals surface area contributed by atoms with E-state index < -0.39 is 0 Å². The number of benzene rings is 1. The molecule has 4 rings (SSSR count). The first kappa shape index (κ1) is 19.8. The third-order valence-corrected chi connectivity index (χ3v) is 5.89. The lowest BCUT2D eigenvalue weighted by Crippen LogP contribution is -2.52. The van der Waals surface area contributed by atoms with Crippen LogP contribution in [0.25, 0.3) is 0 Å². The van der Waals surface area contributed by atoms with Gasteiger partial charge in [-0.3, -0.25) is 9.69 Å². The van der Waals surface area contributed by atoms with Gasteiger partial charge in [0.05, 0.1) is 0 Å². The lowest BCUT2D eigenvalue weighted by Gasteiger charge is -2.38. The molecular weight excluding hydrogens is 364 g/mol. The summed E-state index contributed by atoms with van der Waals surface area (Å²) in [7, 11) is 4.34. The molecule has 0 saturated carbocycles. The zero-order valence-corrected chi connectivity index (χ0v) is 17.3. The minimum atomic E-state index is -0.0906. The minimum Gasteiger partial charge on any atom is -0.368 e. The zero-order valence-electron chi connectivity index (χ0n) is 17.3. The average Bonchev–Trinajstić information content (AvgIpc) is 2.74. The molecule has 2 N–H and O–H groups in total. The van der Waals surface area contributed by atoms with Gasteiger partial charge in [-0.15, -0.1) is 0 Å². The van der Waals surface area contributed by atoms with Crippen LogP contribution in [0.5, 0.6) is 0 Å². The first-order valence-electron chi connectivity index (χ1n) is 10.4. The van der Waals surface area contributed by atoms with Gasteiger partial charge in [0, 0.05) is 50.7 Å². The second kappa shape index (κ2) is 8.88. The van der Waals surface area contributed by atoms with Crippen LogP contribution in [0.1, 0.15) is 27.4 Å². The Morgan fingerprint density at radius 2 is 1.97 bits per heavy atom. The van der Waals surface area contributed by atoms with Crippen LogP contribution < -0.4 is 10.6 Å². The number of hydrogen-bond donors (Lipinski definition) is 2. The lowest BCUT2D eigenvalue weighted by atomic mass is 10.0. The Hall–Kier alpha value is -2.51. The highest BCUT2D eigenvalue weighted by molar-refractivity contribution is 5.96. The van der Waals surface area contributed by atoms with Crippen molar-refractivity contribution in [3.63, 3.8) is 0 Å². The largest absolute Gasteiger partial charge is 0.368 e. The van der Waals surface area contributed by atoms with Crippen molar-refractivity contribution in [2.75, 3.05) is 52.1 Å². The van der Waals surface area contributed by atoms with Crippen LogP contribution >= 0.6 is 0 Å². The lowest BCUT2D eigenvalue weighted by molar-refractivity contribution is 0.0940. The fourth-order valence-corrected chi connectivity index (χ4v) is 4.03. The van der Waals surface area contributed by atoms with E-state index in [1.54, 1.807) is 0 Å². The summed E-state index contributed by atoms with van der Waals surface area (Å²) in [5.41, 5.74) is 2.73. The van der Waals surface area contributed by atoms with Crippen molar-refractivity contribution in [1.82, 2.24) is 25.1 Å². The Labute approximate surface area is 172 Å². The van der Waals surface area contributed by atoms with Crippen molar-refractivity contribution in [2.24, 2.45) is 0 Å². The van der Waals surface area contributed by atoms with Crippen LogP contribution in [-0.2, 0) is 19.3 Å². The molecule has 1 unspecified atom stereocenters. The number of hydrogen-bond acceptors (Lipinski definition) is 6. The number of anilines is 1. The van der Waals surface area contributed by atoms with E-state index in [9.17, 15) is 4.79 Å². The Morgan fingerprint density at radius 1 is 1.14 bits per heavy atom. The van der Waals surface area contributed by atoms with Crippen LogP contribution in [-0.4, -0.2) is 78.5 Å². The predicted octanol–water partition coefficient (Wildman–Crippen LogP) is 1.21. The molecule has 3 heterocycles. The molecule has 7 nitrogen and oxygen atoms in total. The number of piperazine rings is 1. The number of aryl methyl sites for hydroxylation is 2. The van der Waals surface area contributed by atoms with Gasteiger partial charge in [0.15, 0.2) is 0 Å². The van der Waals surface area contributed by atoms with Crippen molar-refractivity contribution < 1.29 is 4.79 Å². The van der Waals surface area contributed by atoms with E-state index in [1.165, 1.54) is 5.56 Å². The van der Waals surface area contributed by atoms with Gasteiger partial charge in [0.25, 0.3) is 5.91 Å². The highest BCUT2D eigenvalue weighted by Gasteiger charge is 2.26. The maximum Gasteiger partial charge on any atom is 0.270 e. The molecule has 2 aliphatic rings. The van der Waals surface area contributed by atoms with Crippen LogP contribution in [0.4, 0.5) is 5.82 Å². The van der Waals surface area contributed by atoms with Gasteiger partial charge in [-0.05, 0) is 32.5 Å². The fourth-order valence-electron chi connectivity index (χ4n) is 4.03. The molecule has 1 amide bonds. The van der Waals surface area contributed by atoms with Gasteiger partial charge in [-0.25, -0.2) is 9.97 Å². The molecule has 1 aromatic carbocycles. The summed E-state index contributed by atoms with van der Waals surface area (Å²) in [5, 5.41) is 6.47. The van der Waals surface area contributed by atoms with Gasteiger partial charge in [-0.2, -0.15) is 0 Å². The number of nitrogens with one attached hydrogen (secondary N) is 2. The smallest absolute Gasteiger partial charge is 0.270 e. The standard InChI is InChI=1S/C22H30N6O/c1-27-12-13-28(2)17(15-27)14-24-21-18-10-11-23-22(29)20(18)25-19(26-21)9-8-16-6-4-3-5-7-16/h3-7,17H,8-15H2,1-2H3,(H,23,29)(H,24,25,26). The van der Waals surface area contributed by atoms with Crippen LogP contribution in [0.3, 0.4) is 0 Å². The quantitative estimate of drug-likeness (QED) is 0.767.